The molecule has 2 rings (SSSR count). The smallest absolute Gasteiger partial charge is 0.390 e. The highest BCUT2D eigenvalue weighted by Crippen LogP contribution is 2.11. The molecule has 0 saturated carbocycles. The highest BCUT2D eigenvalue weighted by atomic mass is 79.9. The summed E-state index contributed by atoms with van der Waals surface area (Å²) in [6.07, 6.45) is 2.98. The molecule has 0 atom stereocenters. The number of hydrogen-bond acceptors (Lipinski definition) is 5. The van der Waals surface area contributed by atoms with E-state index in [0.717, 1.165) is 0 Å². The lowest BCUT2D eigenvalue weighted by molar-refractivity contribution is -0.396. The molecule has 8 nitrogen and oxygen atoms in total. The molecule has 9 heteroatoms. The van der Waals surface area contributed by atoms with E-state index < -0.39 is 4.92 Å². The highest BCUT2D eigenvalue weighted by molar-refractivity contribution is 9.10. The Labute approximate surface area is 98.2 Å². The predicted molar refractivity (Wildman–Crippen MR) is 56.7 cm³/mol. The molecule has 0 aromatic carbocycles. The average Bonchev–Trinajstić information content (AvgIpc) is 2.76. The van der Waals surface area contributed by atoms with Crippen molar-refractivity contribution in [3.05, 3.63) is 33.1 Å². The minimum Gasteiger partial charge on any atom is -0.390 e. The van der Waals surface area contributed by atoms with Crippen molar-refractivity contribution in [3.63, 3.8) is 0 Å². The van der Waals surface area contributed by atoms with Gasteiger partial charge in [0.05, 0.1) is 7.05 Å². The summed E-state index contributed by atoms with van der Waals surface area (Å²) in [5.41, 5.74) is 0.684. The molecule has 16 heavy (non-hydrogen) atoms. The number of aromatic nitrogens is 5. The lowest BCUT2D eigenvalue weighted by Crippen LogP contribution is -2.07. The topological polar surface area (TPSA) is 91.7 Å². The minimum absolute atomic E-state index is 0.186. The van der Waals surface area contributed by atoms with Gasteiger partial charge in [0.1, 0.15) is 24.8 Å². The molecule has 2 heterocycles. The van der Waals surface area contributed by atoms with E-state index >= 15 is 0 Å². The van der Waals surface area contributed by atoms with Gasteiger partial charge in [-0.1, -0.05) is 4.98 Å². The van der Waals surface area contributed by atoms with Gasteiger partial charge in [0.25, 0.3) is 0 Å². The molecular weight excluding hydrogens is 280 g/mol. The number of rotatable bonds is 3. The normalized spacial score (nSPS) is 10.6. The summed E-state index contributed by atoms with van der Waals surface area (Å²) in [5, 5.41) is 14.6. The number of nitro groups is 1. The van der Waals surface area contributed by atoms with Crippen LogP contribution in [-0.4, -0.2) is 29.2 Å². The first-order valence-electron chi connectivity index (χ1n) is 4.28. The molecule has 0 aliphatic heterocycles. The van der Waals surface area contributed by atoms with Crippen LogP contribution in [0.15, 0.2) is 17.3 Å². The summed E-state index contributed by atoms with van der Waals surface area (Å²) in [6.45, 7) is 0.385. The molecule has 0 fully saturated rings. The summed E-state index contributed by atoms with van der Waals surface area (Å²) < 4.78 is 3.45. The van der Waals surface area contributed by atoms with Crippen LogP contribution in [0.1, 0.15) is 5.69 Å². The molecular formula is C7H7BrN6O2. The van der Waals surface area contributed by atoms with Gasteiger partial charge in [0, 0.05) is 0 Å². The van der Waals surface area contributed by atoms with Gasteiger partial charge in [-0.3, -0.25) is 0 Å². The Kier molecular flexibility index (Phi) is 2.69. The van der Waals surface area contributed by atoms with E-state index in [9.17, 15) is 10.1 Å². The van der Waals surface area contributed by atoms with Crippen molar-refractivity contribution in [2.45, 2.75) is 6.54 Å². The van der Waals surface area contributed by atoms with E-state index in [2.05, 4.69) is 31.0 Å². The van der Waals surface area contributed by atoms with Crippen LogP contribution in [0.25, 0.3) is 0 Å². The Morgan fingerprint density at radius 2 is 2.31 bits per heavy atom. The maximum atomic E-state index is 10.6. The van der Waals surface area contributed by atoms with Crippen LogP contribution >= 0.6 is 15.9 Å². The molecule has 0 unspecified atom stereocenters. The Balaban J connectivity index is 2.25. The van der Waals surface area contributed by atoms with Crippen LogP contribution in [0.3, 0.4) is 0 Å². The molecule has 0 spiro atoms. The van der Waals surface area contributed by atoms with E-state index in [4.69, 9.17) is 0 Å². The third-order valence-corrected chi connectivity index (χ3v) is 2.42. The van der Waals surface area contributed by atoms with Crippen molar-refractivity contribution < 1.29 is 4.92 Å². The monoisotopic (exact) mass is 286 g/mol. The van der Waals surface area contributed by atoms with Gasteiger partial charge in [0.15, 0.2) is 0 Å². The van der Waals surface area contributed by atoms with E-state index in [-0.39, 0.29) is 5.95 Å². The molecule has 0 aliphatic carbocycles. The van der Waals surface area contributed by atoms with Gasteiger partial charge in [0.2, 0.25) is 4.73 Å². The van der Waals surface area contributed by atoms with Gasteiger partial charge in [-0.2, -0.15) is 0 Å². The second-order valence-corrected chi connectivity index (χ2v) is 3.79. The van der Waals surface area contributed by atoms with E-state index in [0.29, 0.717) is 17.0 Å². The van der Waals surface area contributed by atoms with Crippen molar-refractivity contribution in [3.8, 4) is 0 Å². The highest BCUT2D eigenvalue weighted by Gasteiger charge is 2.17. The second kappa shape index (κ2) is 4.00. The van der Waals surface area contributed by atoms with Crippen LogP contribution in [0.5, 0.6) is 0 Å². The third kappa shape index (κ3) is 1.94. The molecule has 0 amide bonds. The largest absolute Gasteiger partial charge is 0.434 e. The zero-order chi connectivity index (χ0) is 11.7. The van der Waals surface area contributed by atoms with Crippen LogP contribution in [0, 0.1) is 10.1 Å². The Morgan fingerprint density at radius 3 is 2.81 bits per heavy atom. The quantitative estimate of drug-likeness (QED) is 0.613. The lowest BCUT2D eigenvalue weighted by Gasteiger charge is -1.99. The summed E-state index contributed by atoms with van der Waals surface area (Å²) in [7, 11) is 1.59. The molecule has 84 valence electrons. The first kappa shape index (κ1) is 10.7. The van der Waals surface area contributed by atoms with Crippen molar-refractivity contribution in [2.24, 2.45) is 7.05 Å². The number of nitrogens with zero attached hydrogens (tertiary/aromatic N) is 6. The van der Waals surface area contributed by atoms with Gasteiger partial charge in [-0.15, -0.1) is 5.10 Å². The standard InChI is InChI=1S/C7H7BrN6O2/c1-12-5(2-9-7(12)14(15)16)3-13-4-10-6(8)11-13/h2,4H,3H2,1H3. The van der Waals surface area contributed by atoms with Crippen LogP contribution in [0.2, 0.25) is 0 Å². The maximum Gasteiger partial charge on any atom is 0.434 e. The molecule has 0 bridgehead atoms. The lowest BCUT2D eigenvalue weighted by atomic mass is 10.5. The number of imidazole rings is 1. The molecule has 2 aromatic heterocycles. The zero-order valence-corrected chi connectivity index (χ0v) is 9.83. The second-order valence-electron chi connectivity index (χ2n) is 3.08. The van der Waals surface area contributed by atoms with Crippen molar-refractivity contribution in [1.29, 1.82) is 0 Å². The Bertz CT molecular complexity index is 533. The summed E-state index contributed by atoms with van der Waals surface area (Å²) >= 11 is 3.12. The summed E-state index contributed by atoms with van der Waals surface area (Å²) in [5.74, 6) is -0.186. The Hall–Kier alpha value is -1.77. The van der Waals surface area contributed by atoms with Crippen LogP contribution in [0.4, 0.5) is 5.95 Å². The van der Waals surface area contributed by atoms with Gasteiger partial charge in [-0.05, 0) is 20.9 Å². The maximum absolute atomic E-state index is 10.6. The SMILES string of the molecule is Cn1c(Cn2cnc(Br)n2)cnc1[N+](=O)[O-]. The first-order valence-corrected chi connectivity index (χ1v) is 5.07. The number of hydrogen-bond donors (Lipinski definition) is 0. The zero-order valence-electron chi connectivity index (χ0n) is 8.24. The minimum atomic E-state index is -0.527. The summed E-state index contributed by atoms with van der Waals surface area (Å²) in [6, 6.07) is 0. The van der Waals surface area contributed by atoms with Gasteiger partial charge in [-0.25, -0.2) is 14.2 Å². The van der Waals surface area contributed by atoms with E-state index in [1.54, 1.807) is 11.7 Å². The third-order valence-electron chi connectivity index (χ3n) is 2.06. The molecule has 2 aromatic rings. The predicted octanol–water partition coefficient (Wildman–Crippen LogP) is 0.731. The van der Waals surface area contributed by atoms with Crippen molar-refractivity contribution >= 4 is 21.9 Å². The fourth-order valence-electron chi connectivity index (χ4n) is 1.26. The number of halogens is 1. The molecule has 0 saturated heterocycles. The van der Waals surface area contributed by atoms with Crippen molar-refractivity contribution in [1.82, 2.24) is 24.3 Å². The van der Waals surface area contributed by atoms with Crippen LogP contribution < -0.4 is 0 Å². The van der Waals surface area contributed by atoms with Crippen molar-refractivity contribution in [2.75, 3.05) is 0 Å². The van der Waals surface area contributed by atoms with Gasteiger partial charge < -0.3 is 10.1 Å². The Morgan fingerprint density at radius 1 is 1.56 bits per heavy atom. The van der Waals surface area contributed by atoms with Gasteiger partial charge >= 0.3 is 5.95 Å². The molecule has 0 radical (unpaired) electrons. The fraction of sp³-hybridized carbons (Fsp3) is 0.286. The van der Waals surface area contributed by atoms with E-state index in [1.807, 2.05) is 0 Å². The first-order chi connectivity index (χ1) is 7.58. The average molecular weight is 287 g/mol. The molecule has 0 N–H and O–H groups in total. The van der Waals surface area contributed by atoms with Crippen LogP contribution in [-0.2, 0) is 13.6 Å². The molecule has 0 aliphatic rings. The fourth-order valence-corrected chi connectivity index (χ4v) is 1.56. The van der Waals surface area contributed by atoms with E-state index in [1.165, 1.54) is 17.1 Å². The summed E-state index contributed by atoms with van der Waals surface area (Å²) in [4.78, 5) is 17.6.